The number of nitrogens with one attached hydrogen (secondary N) is 1. The fourth-order valence-electron chi connectivity index (χ4n) is 1.47. The molecule has 0 spiro atoms. The largest absolute Gasteiger partial charge is 0.389 e. The van der Waals surface area contributed by atoms with Crippen molar-refractivity contribution in [3.63, 3.8) is 0 Å². The van der Waals surface area contributed by atoms with E-state index in [1.54, 1.807) is 0 Å². The molecule has 1 rings (SSSR count). The third kappa shape index (κ3) is 2.63. The van der Waals surface area contributed by atoms with Gasteiger partial charge in [0.15, 0.2) is 0 Å². The Kier molecular flexibility index (Phi) is 3.62. The molecular formula is C8H15FN2O2. The Balaban J connectivity index is 2.34. The number of hydrogen-bond acceptors (Lipinski definition) is 3. The Morgan fingerprint density at radius 3 is 2.92 bits per heavy atom. The number of rotatable bonds is 4. The van der Waals surface area contributed by atoms with Crippen LogP contribution in [-0.4, -0.2) is 36.4 Å². The van der Waals surface area contributed by atoms with E-state index in [0.717, 1.165) is 6.42 Å². The van der Waals surface area contributed by atoms with Crippen molar-refractivity contribution >= 4 is 5.91 Å². The number of alkyl halides is 1. The Morgan fingerprint density at radius 2 is 2.46 bits per heavy atom. The molecule has 0 aromatic rings. The first-order chi connectivity index (χ1) is 6.15. The van der Waals surface area contributed by atoms with Crippen molar-refractivity contribution in [2.45, 2.75) is 25.0 Å². The molecule has 76 valence electrons. The minimum absolute atomic E-state index is 0.0403. The highest BCUT2D eigenvalue weighted by atomic mass is 19.1. The van der Waals surface area contributed by atoms with Crippen LogP contribution in [0.5, 0.6) is 0 Å². The van der Waals surface area contributed by atoms with Crippen LogP contribution in [0.25, 0.3) is 0 Å². The van der Waals surface area contributed by atoms with Gasteiger partial charge in [-0.05, 0) is 12.8 Å². The molecule has 0 unspecified atom stereocenters. The van der Waals surface area contributed by atoms with Gasteiger partial charge < -0.3 is 16.2 Å². The van der Waals surface area contributed by atoms with Gasteiger partial charge in [-0.3, -0.25) is 4.79 Å². The third-order valence-corrected chi connectivity index (χ3v) is 2.37. The van der Waals surface area contributed by atoms with Crippen molar-refractivity contribution in [3.05, 3.63) is 0 Å². The van der Waals surface area contributed by atoms with E-state index in [0.29, 0.717) is 13.0 Å². The Labute approximate surface area is 76.3 Å². The van der Waals surface area contributed by atoms with Gasteiger partial charge in [-0.25, -0.2) is 4.39 Å². The monoisotopic (exact) mass is 190 g/mol. The van der Waals surface area contributed by atoms with Crippen LogP contribution < -0.4 is 11.1 Å². The molecule has 1 amide bonds. The summed E-state index contributed by atoms with van der Waals surface area (Å²) >= 11 is 0. The summed E-state index contributed by atoms with van der Waals surface area (Å²) in [5.41, 5.74) is 5.50. The average molecular weight is 190 g/mol. The first kappa shape index (κ1) is 10.4. The molecule has 5 heteroatoms. The standard InChI is InChI=1S/C8H15FN2O2/c9-4-7(12)6(10)3-5-1-2-11-8(5)13/h5-7,12H,1-4,10H2,(H,11,13)/t5-,6-,7+/m0/s1. The van der Waals surface area contributed by atoms with E-state index in [2.05, 4.69) is 5.32 Å². The Morgan fingerprint density at radius 1 is 1.77 bits per heavy atom. The summed E-state index contributed by atoms with van der Waals surface area (Å²) in [6.07, 6.45) is -0.0592. The molecule has 0 radical (unpaired) electrons. The quantitative estimate of drug-likeness (QED) is 0.541. The number of nitrogens with two attached hydrogens (primary N) is 1. The second-order valence-electron chi connectivity index (χ2n) is 3.40. The lowest BCUT2D eigenvalue weighted by Gasteiger charge is -2.17. The predicted molar refractivity (Wildman–Crippen MR) is 45.7 cm³/mol. The van der Waals surface area contributed by atoms with Crippen LogP contribution in [0, 0.1) is 5.92 Å². The van der Waals surface area contributed by atoms with Gasteiger partial charge in [-0.15, -0.1) is 0 Å². The second-order valence-corrected chi connectivity index (χ2v) is 3.40. The first-order valence-corrected chi connectivity index (χ1v) is 4.42. The van der Waals surface area contributed by atoms with Crippen molar-refractivity contribution in [2.75, 3.05) is 13.2 Å². The molecular weight excluding hydrogens is 175 g/mol. The molecule has 0 bridgehead atoms. The second kappa shape index (κ2) is 4.53. The lowest BCUT2D eigenvalue weighted by atomic mass is 9.96. The highest BCUT2D eigenvalue weighted by Gasteiger charge is 2.28. The molecule has 4 N–H and O–H groups in total. The van der Waals surface area contributed by atoms with Crippen molar-refractivity contribution in [2.24, 2.45) is 11.7 Å². The molecule has 1 heterocycles. The number of carbonyl (C=O) groups is 1. The summed E-state index contributed by atoms with van der Waals surface area (Å²) < 4.78 is 12.0. The zero-order valence-corrected chi connectivity index (χ0v) is 7.37. The lowest BCUT2D eigenvalue weighted by molar-refractivity contribution is -0.122. The number of halogens is 1. The molecule has 1 aliphatic rings. The molecule has 0 saturated carbocycles. The van der Waals surface area contributed by atoms with E-state index in [-0.39, 0.29) is 11.8 Å². The van der Waals surface area contributed by atoms with E-state index in [4.69, 9.17) is 10.8 Å². The highest BCUT2D eigenvalue weighted by molar-refractivity contribution is 5.80. The molecule has 4 nitrogen and oxygen atoms in total. The van der Waals surface area contributed by atoms with Crippen LogP contribution in [0.4, 0.5) is 4.39 Å². The molecule has 0 aromatic heterocycles. The zero-order chi connectivity index (χ0) is 9.84. The van der Waals surface area contributed by atoms with Crippen molar-refractivity contribution in [1.29, 1.82) is 0 Å². The van der Waals surface area contributed by atoms with E-state index >= 15 is 0 Å². The minimum atomic E-state index is -1.15. The van der Waals surface area contributed by atoms with Gasteiger partial charge in [-0.1, -0.05) is 0 Å². The van der Waals surface area contributed by atoms with E-state index < -0.39 is 18.8 Å². The zero-order valence-electron chi connectivity index (χ0n) is 7.37. The molecule has 0 aromatic carbocycles. The van der Waals surface area contributed by atoms with Crippen LogP contribution in [-0.2, 0) is 4.79 Å². The Bertz CT molecular complexity index is 189. The van der Waals surface area contributed by atoms with E-state index in [1.165, 1.54) is 0 Å². The highest BCUT2D eigenvalue weighted by Crippen LogP contribution is 2.16. The van der Waals surface area contributed by atoms with Gasteiger partial charge in [-0.2, -0.15) is 0 Å². The normalized spacial score (nSPS) is 27.0. The summed E-state index contributed by atoms with van der Waals surface area (Å²) in [6, 6.07) is -0.640. The maximum absolute atomic E-state index is 12.0. The van der Waals surface area contributed by atoms with Gasteiger partial charge in [0.1, 0.15) is 6.67 Å². The van der Waals surface area contributed by atoms with Gasteiger partial charge >= 0.3 is 0 Å². The number of amides is 1. The fraction of sp³-hybridized carbons (Fsp3) is 0.875. The first-order valence-electron chi connectivity index (χ1n) is 4.42. The van der Waals surface area contributed by atoms with Crippen molar-refractivity contribution in [1.82, 2.24) is 5.32 Å². The lowest BCUT2D eigenvalue weighted by Crippen LogP contribution is -2.39. The van der Waals surface area contributed by atoms with Crippen LogP contribution in [0.1, 0.15) is 12.8 Å². The summed E-state index contributed by atoms with van der Waals surface area (Å²) in [4.78, 5) is 11.1. The summed E-state index contributed by atoms with van der Waals surface area (Å²) in [6.45, 7) is -0.197. The molecule has 3 atom stereocenters. The summed E-state index contributed by atoms with van der Waals surface area (Å²) in [5.74, 6) is -0.197. The van der Waals surface area contributed by atoms with E-state index in [9.17, 15) is 9.18 Å². The molecule has 1 saturated heterocycles. The predicted octanol–water partition coefficient (Wildman–Crippen LogP) is -0.830. The van der Waals surface area contributed by atoms with Gasteiger partial charge in [0.05, 0.1) is 6.10 Å². The van der Waals surface area contributed by atoms with Gasteiger partial charge in [0, 0.05) is 18.5 Å². The average Bonchev–Trinajstić information content (AvgIpc) is 2.50. The fourth-order valence-corrected chi connectivity index (χ4v) is 1.47. The van der Waals surface area contributed by atoms with Crippen LogP contribution >= 0.6 is 0 Å². The van der Waals surface area contributed by atoms with Crippen LogP contribution in [0.2, 0.25) is 0 Å². The summed E-state index contributed by atoms with van der Waals surface area (Å²) in [5, 5.41) is 11.7. The topological polar surface area (TPSA) is 75.3 Å². The van der Waals surface area contributed by atoms with Crippen molar-refractivity contribution < 1.29 is 14.3 Å². The third-order valence-electron chi connectivity index (χ3n) is 2.37. The smallest absolute Gasteiger partial charge is 0.223 e. The maximum Gasteiger partial charge on any atom is 0.223 e. The SMILES string of the molecule is N[C@@H](C[C@@H]1CCNC1=O)[C@H](O)CF. The molecule has 1 fully saturated rings. The minimum Gasteiger partial charge on any atom is -0.389 e. The summed E-state index contributed by atoms with van der Waals surface area (Å²) in [7, 11) is 0. The van der Waals surface area contributed by atoms with Gasteiger partial charge in [0.25, 0.3) is 0 Å². The number of carbonyl (C=O) groups excluding carboxylic acids is 1. The van der Waals surface area contributed by atoms with E-state index in [1.807, 2.05) is 0 Å². The van der Waals surface area contributed by atoms with Crippen LogP contribution in [0.3, 0.4) is 0 Å². The van der Waals surface area contributed by atoms with Gasteiger partial charge in [0.2, 0.25) is 5.91 Å². The van der Waals surface area contributed by atoms with Crippen molar-refractivity contribution in [3.8, 4) is 0 Å². The molecule has 1 aliphatic heterocycles. The number of hydrogen-bond donors (Lipinski definition) is 3. The molecule has 0 aliphatic carbocycles. The molecule has 13 heavy (non-hydrogen) atoms. The number of aliphatic hydroxyl groups excluding tert-OH is 1. The van der Waals surface area contributed by atoms with Crippen LogP contribution in [0.15, 0.2) is 0 Å². The number of aliphatic hydroxyl groups is 1. The Hall–Kier alpha value is -0.680. The maximum atomic E-state index is 12.0.